The summed E-state index contributed by atoms with van der Waals surface area (Å²) < 4.78 is 40.5. The lowest BCUT2D eigenvalue weighted by Gasteiger charge is -2.29. The molecule has 8 heteroatoms. The Kier molecular flexibility index (Phi) is 5.33. The third kappa shape index (κ3) is 3.82. The van der Waals surface area contributed by atoms with Crippen molar-refractivity contribution in [3.8, 4) is 0 Å². The van der Waals surface area contributed by atoms with Crippen LogP contribution in [-0.2, 0) is 9.84 Å². The fourth-order valence-corrected chi connectivity index (χ4v) is 4.98. The van der Waals surface area contributed by atoms with Crippen molar-refractivity contribution in [2.24, 2.45) is 0 Å². The Morgan fingerprint density at radius 3 is 2.23 bits per heavy atom. The number of fused-ring (bicyclic) bond motifs is 1. The average Bonchev–Trinajstić information content (AvgIpc) is 2.74. The fourth-order valence-electron chi connectivity index (χ4n) is 3.33. The Hall–Kier alpha value is -3.16. The monoisotopic (exact) mass is 456 g/mol. The molecule has 0 saturated carbocycles. The quantitative estimate of drug-likeness (QED) is 0.399. The Morgan fingerprint density at radius 2 is 1.61 bits per heavy atom. The predicted octanol–water partition coefficient (Wildman–Crippen LogP) is 5.19. The maximum Gasteiger partial charge on any atom is 0.214 e. The zero-order chi connectivity index (χ0) is 22.3. The van der Waals surface area contributed by atoms with Gasteiger partial charge in [0.15, 0.2) is 0 Å². The van der Waals surface area contributed by atoms with Crippen molar-refractivity contribution in [1.29, 1.82) is 0 Å². The number of hydrogen-bond acceptors (Lipinski definition) is 5. The number of nitrogens with zero attached hydrogens (tertiary/aromatic N) is 2. The van der Waals surface area contributed by atoms with Gasteiger partial charge < -0.3 is 9.80 Å². The van der Waals surface area contributed by atoms with E-state index in [1.54, 1.807) is 12.1 Å². The number of benzene rings is 3. The van der Waals surface area contributed by atoms with Crippen LogP contribution in [0.5, 0.6) is 0 Å². The Bertz CT molecular complexity index is 1300. The van der Waals surface area contributed by atoms with Gasteiger partial charge in [-0.25, -0.2) is 12.8 Å². The van der Waals surface area contributed by atoms with E-state index in [0.717, 1.165) is 17.8 Å². The van der Waals surface area contributed by atoms with E-state index >= 15 is 0 Å². The number of carbonyl (C=O) groups is 1. The van der Waals surface area contributed by atoms with Crippen LogP contribution >= 0.6 is 11.6 Å². The van der Waals surface area contributed by atoms with Crippen molar-refractivity contribution in [3.05, 3.63) is 94.2 Å². The molecule has 0 N–H and O–H groups in total. The molecular formula is C23H18ClFN2O3S. The Labute approximate surface area is 184 Å². The second kappa shape index (κ2) is 7.83. The molecule has 0 spiro atoms. The van der Waals surface area contributed by atoms with Crippen molar-refractivity contribution in [2.75, 3.05) is 23.9 Å². The highest BCUT2D eigenvalue weighted by Gasteiger charge is 2.36. The Balaban J connectivity index is 1.89. The molecule has 0 atom stereocenters. The number of halogens is 2. The number of rotatable bonds is 4. The van der Waals surface area contributed by atoms with Crippen LogP contribution in [-0.4, -0.2) is 28.3 Å². The molecule has 5 nitrogen and oxygen atoms in total. The molecule has 0 aromatic heterocycles. The summed E-state index contributed by atoms with van der Waals surface area (Å²) in [7, 11) is -0.360. The van der Waals surface area contributed by atoms with Gasteiger partial charge in [0.1, 0.15) is 10.7 Å². The van der Waals surface area contributed by atoms with E-state index in [1.807, 2.05) is 31.1 Å². The van der Waals surface area contributed by atoms with Gasteiger partial charge in [-0.05, 0) is 66.7 Å². The highest BCUT2D eigenvalue weighted by Crippen LogP contribution is 2.41. The highest BCUT2D eigenvalue weighted by molar-refractivity contribution is 7.96. The van der Waals surface area contributed by atoms with E-state index in [9.17, 15) is 17.6 Å². The van der Waals surface area contributed by atoms with Gasteiger partial charge in [-0.15, -0.1) is 0 Å². The zero-order valence-corrected chi connectivity index (χ0v) is 18.3. The van der Waals surface area contributed by atoms with Crippen LogP contribution in [0.4, 0.5) is 21.5 Å². The number of Topliss-reactive ketones (excluding diaryl/α,β-unsaturated/α-hetero) is 1. The van der Waals surface area contributed by atoms with E-state index in [-0.39, 0.29) is 16.1 Å². The van der Waals surface area contributed by atoms with Gasteiger partial charge >= 0.3 is 0 Å². The average molecular weight is 457 g/mol. The van der Waals surface area contributed by atoms with Crippen LogP contribution < -0.4 is 9.80 Å². The summed E-state index contributed by atoms with van der Waals surface area (Å²) in [5.41, 5.74) is 1.86. The number of sulfone groups is 1. The number of carbonyl (C=O) groups excluding carboxylic acids is 1. The summed E-state index contributed by atoms with van der Waals surface area (Å²) in [4.78, 5) is 16.0. The van der Waals surface area contributed by atoms with Gasteiger partial charge in [0.2, 0.25) is 15.6 Å². The molecule has 0 amide bonds. The number of anilines is 3. The summed E-state index contributed by atoms with van der Waals surface area (Å²) in [5, 5.41) is 0.431. The molecule has 158 valence electrons. The SMILES string of the molecule is CN(C)c1ccc(N2C=C(C(=O)c3ccc(Cl)cc3)S(=O)(=O)c3ccc(F)cc32)cc1. The van der Waals surface area contributed by atoms with Gasteiger partial charge in [0.05, 0.1) is 10.6 Å². The molecule has 3 aromatic rings. The number of ketones is 1. The first-order valence-corrected chi connectivity index (χ1v) is 11.2. The van der Waals surface area contributed by atoms with E-state index in [1.165, 1.54) is 41.4 Å². The first-order chi connectivity index (χ1) is 14.7. The van der Waals surface area contributed by atoms with Gasteiger partial charge in [0, 0.05) is 42.3 Å². The van der Waals surface area contributed by atoms with Gasteiger partial charge in [-0.1, -0.05) is 11.6 Å². The minimum atomic E-state index is -4.16. The number of hydrogen-bond donors (Lipinski definition) is 0. The molecule has 1 aliphatic heterocycles. The smallest absolute Gasteiger partial charge is 0.214 e. The van der Waals surface area contributed by atoms with Crippen LogP contribution in [0.25, 0.3) is 0 Å². The largest absolute Gasteiger partial charge is 0.378 e. The lowest BCUT2D eigenvalue weighted by Crippen LogP contribution is -2.26. The first kappa shape index (κ1) is 21.1. The minimum absolute atomic E-state index is 0.134. The van der Waals surface area contributed by atoms with Crippen LogP contribution in [0.1, 0.15) is 10.4 Å². The van der Waals surface area contributed by atoms with E-state index in [2.05, 4.69) is 0 Å². The van der Waals surface area contributed by atoms with E-state index < -0.39 is 26.3 Å². The van der Waals surface area contributed by atoms with Crippen LogP contribution in [0, 0.1) is 5.82 Å². The van der Waals surface area contributed by atoms with E-state index in [4.69, 9.17) is 11.6 Å². The molecule has 0 unspecified atom stereocenters. The molecule has 0 bridgehead atoms. The second-order valence-corrected chi connectivity index (χ2v) is 9.55. The molecule has 0 aliphatic carbocycles. The molecule has 1 aliphatic rings. The van der Waals surface area contributed by atoms with Crippen LogP contribution in [0.3, 0.4) is 0 Å². The van der Waals surface area contributed by atoms with Gasteiger partial charge in [-0.2, -0.15) is 0 Å². The minimum Gasteiger partial charge on any atom is -0.378 e. The summed E-state index contributed by atoms with van der Waals surface area (Å²) in [6.07, 6.45) is 1.25. The molecule has 4 rings (SSSR count). The Morgan fingerprint density at radius 1 is 0.968 bits per heavy atom. The maximum absolute atomic E-state index is 14.0. The third-order valence-electron chi connectivity index (χ3n) is 4.98. The molecule has 3 aromatic carbocycles. The molecule has 0 saturated heterocycles. The summed E-state index contributed by atoms with van der Waals surface area (Å²) in [6.45, 7) is 0. The van der Waals surface area contributed by atoms with Crippen molar-refractivity contribution in [1.82, 2.24) is 0 Å². The van der Waals surface area contributed by atoms with Gasteiger partial charge in [-0.3, -0.25) is 4.79 Å². The van der Waals surface area contributed by atoms with Crippen LogP contribution in [0.15, 0.2) is 82.7 Å². The summed E-state index contributed by atoms with van der Waals surface area (Å²) in [6, 6.07) is 16.6. The molecule has 0 fully saturated rings. The predicted molar refractivity (Wildman–Crippen MR) is 120 cm³/mol. The zero-order valence-electron chi connectivity index (χ0n) is 16.7. The standard InChI is InChI=1S/C23H18ClFN2O3S/c1-26(2)18-8-10-19(11-9-18)27-14-22(23(28)15-3-5-16(24)6-4-15)31(29,30)21-12-7-17(25)13-20(21)27/h3-14H,1-2H3. The highest BCUT2D eigenvalue weighted by atomic mass is 35.5. The maximum atomic E-state index is 14.0. The molecule has 0 radical (unpaired) electrons. The summed E-state index contributed by atoms with van der Waals surface area (Å²) >= 11 is 5.89. The fraction of sp³-hybridized carbons (Fsp3) is 0.0870. The van der Waals surface area contributed by atoms with Crippen molar-refractivity contribution in [2.45, 2.75) is 4.90 Å². The lowest BCUT2D eigenvalue weighted by molar-refractivity contribution is 0.104. The molecule has 31 heavy (non-hydrogen) atoms. The van der Waals surface area contributed by atoms with Gasteiger partial charge in [0.25, 0.3) is 0 Å². The third-order valence-corrected chi connectivity index (χ3v) is 7.03. The van der Waals surface area contributed by atoms with Crippen molar-refractivity contribution < 1.29 is 17.6 Å². The first-order valence-electron chi connectivity index (χ1n) is 9.32. The molecule has 1 heterocycles. The van der Waals surface area contributed by atoms with Crippen molar-refractivity contribution >= 4 is 44.3 Å². The van der Waals surface area contributed by atoms with Crippen LogP contribution in [0.2, 0.25) is 5.02 Å². The molecular weight excluding hydrogens is 439 g/mol. The lowest BCUT2D eigenvalue weighted by atomic mass is 10.1. The number of allylic oxidation sites excluding steroid dienone is 1. The summed E-state index contributed by atoms with van der Waals surface area (Å²) in [5.74, 6) is -1.24. The van der Waals surface area contributed by atoms with E-state index in [0.29, 0.717) is 10.7 Å². The normalized spacial score (nSPS) is 14.6. The van der Waals surface area contributed by atoms with Crippen molar-refractivity contribution in [3.63, 3.8) is 0 Å². The second-order valence-electron chi connectivity index (χ2n) is 7.23. The topological polar surface area (TPSA) is 57.7 Å².